The Morgan fingerprint density at radius 3 is 2.81 bits per heavy atom. The summed E-state index contributed by atoms with van der Waals surface area (Å²) in [6.07, 6.45) is 3.71. The number of H-pyrrole nitrogens is 1. The Bertz CT molecular complexity index is 923. The van der Waals surface area contributed by atoms with Crippen LogP contribution in [0.1, 0.15) is 49.3 Å². The van der Waals surface area contributed by atoms with E-state index in [2.05, 4.69) is 32.5 Å². The van der Waals surface area contributed by atoms with E-state index in [1.54, 1.807) is 6.07 Å². The molecule has 2 aromatic rings. The van der Waals surface area contributed by atoms with Crippen molar-refractivity contribution in [3.05, 3.63) is 41.9 Å². The lowest BCUT2D eigenvalue weighted by Crippen LogP contribution is -2.44. The van der Waals surface area contributed by atoms with E-state index < -0.39 is 11.9 Å². The molecule has 2 atom stereocenters. The molecule has 2 heterocycles. The van der Waals surface area contributed by atoms with Gasteiger partial charge >= 0.3 is 0 Å². The van der Waals surface area contributed by atoms with Crippen molar-refractivity contribution in [2.75, 3.05) is 13.1 Å². The zero-order valence-corrected chi connectivity index (χ0v) is 18.2. The molecule has 168 valence electrons. The number of hydrogen-bond acceptors (Lipinski definition) is 5. The van der Waals surface area contributed by atoms with Gasteiger partial charge in [0.1, 0.15) is 11.7 Å². The Labute approximate surface area is 182 Å². The normalized spacial score (nSPS) is 12.7. The molecule has 0 saturated heterocycles. The Kier molecular flexibility index (Phi) is 9.05. The van der Waals surface area contributed by atoms with Crippen molar-refractivity contribution in [1.29, 1.82) is 0 Å². The van der Waals surface area contributed by atoms with E-state index in [4.69, 9.17) is 5.73 Å². The van der Waals surface area contributed by atoms with E-state index in [0.717, 1.165) is 36.0 Å². The summed E-state index contributed by atoms with van der Waals surface area (Å²) >= 11 is 0. The summed E-state index contributed by atoms with van der Waals surface area (Å²) in [4.78, 5) is 42.1. The van der Waals surface area contributed by atoms with Crippen molar-refractivity contribution in [3.63, 3.8) is 0 Å². The third-order valence-electron chi connectivity index (χ3n) is 5.06. The number of carbonyl (C=O) groups excluding carboxylic acids is 3. The minimum atomic E-state index is -0.580. The van der Waals surface area contributed by atoms with Gasteiger partial charge in [-0.15, -0.1) is 0 Å². The van der Waals surface area contributed by atoms with Gasteiger partial charge in [-0.2, -0.15) is 0 Å². The molecule has 0 radical (unpaired) electrons. The molecule has 2 unspecified atom stereocenters. The molecule has 0 bridgehead atoms. The van der Waals surface area contributed by atoms with Gasteiger partial charge in [-0.1, -0.05) is 20.4 Å². The van der Waals surface area contributed by atoms with Crippen LogP contribution in [0, 0.1) is 5.92 Å². The van der Waals surface area contributed by atoms with Crippen LogP contribution in [0.2, 0.25) is 0 Å². The zero-order valence-electron chi connectivity index (χ0n) is 18.2. The van der Waals surface area contributed by atoms with Gasteiger partial charge in [0, 0.05) is 17.9 Å². The van der Waals surface area contributed by atoms with Crippen LogP contribution in [0.4, 0.5) is 0 Å². The van der Waals surface area contributed by atoms with E-state index in [1.165, 1.54) is 0 Å². The maximum atomic E-state index is 12.5. The van der Waals surface area contributed by atoms with Crippen molar-refractivity contribution in [1.82, 2.24) is 25.9 Å². The van der Waals surface area contributed by atoms with Crippen molar-refractivity contribution < 1.29 is 14.4 Å². The largest absolute Gasteiger partial charge is 0.376 e. The van der Waals surface area contributed by atoms with Gasteiger partial charge in [0.2, 0.25) is 12.3 Å². The molecule has 2 rings (SSSR count). The van der Waals surface area contributed by atoms with Crippen LogP contribution in [0.25, 0.3) is 11.0 Å². The van der Waals surface area contributed by atoms with E-state index in [0.29, 0.717) is 30.8 Å². The molecule has 0 aliphatic heterocycles. The SMILES string of the molecule is C=C(CNC(=O)c1cc2nc(CC)ccc2[nH]1)NC(CC(C)CCCNC=O)C(N)=O. The van der Waals surface area contributed by atoms with E-state index >= 15 is 0 Å². The number of fused-ring (bicyclic) bond motifs is 1. The van der Waals surface area contributed by atoms with Crippen LogP contribution < -0.4 is 21.7 Å². The second-order valence-corrected chi connectivity index (χ2v) is 7.71. The Morgan fingerprint density at radius 1 is 1.35 bits per heavy atom. The summed E-state index contributed by atoms with van der Waals surface area (Å²) in [6.45, 7) is 8.70. The number of nitrogens with zero attached hydrogens (tertiary/aromatic N) is 1. The first kappa shape index (κ1) is 23.9. The Hall–Kier alpha value is -3.36. The Morgan fingerprint density at radius 2 is 2.13 bits per heavy atom. The molecule has 0 saturated carbocycles. The van der Waals surface area contributed by atoms with Crippen molar-refractivity contribution >= 4 is 29.3 Å². The third kappa shape index (κ3) is 7.44. The summed E-state index contributed by atoms with van der Waals surface area (Å²) < 4.78 is 0. The number of aromatic nitrogens is 2. The van der Waals surface area contributed by atoms with Gasteiger partial charge in [-0.3, -0.25) is 19.4 Å². The molecular weight excluding hydrogens is 396 g/mol. The van der Waals surface area contributed by atoms with E-state index in [9.17, 15) is 14.4 Å². The molecule has 0 aliphatic carbocycles. The predicted molar refractivity (Wildman–Crippen MR) is 120 cm³/mol. The maximum absolute atomic E-state index is 12.5. The minimum Gasteiger partial charge on any atom is -0.376 e. The number of primary amides is 1. The van der Waals surface area contributed by atoms with Gasteiger partial charge in [0.05, 0.1) is 17.6 Å². The van der Waals surface area contributed by atoms with Crippen molar-refractivity contribution in [2.45, 2.75) is 45.6 Å². The van der Waals surface area contributed by atoms with Crippen molar-refractivity contribution in [2.24, 2.45) is 11.7 Å². The first-order valence-electron chi connectivity index (χ1n) is 10.5. The summed E-state index contributed by atoms with van der Waals surface area (Å²) in [6, 6.07) is 4.97. The maximum Gasteiger partial charge on any atom is 0.268 e. The number of rotatable bonds is 14. The van der Waals surface area contributed by atoms with E-state index in [-0.39, 0.29) is 18.4 Å². The fourth-order valence-electron chi connectivity index (χ4n) is 3.33. The number of nitrogens with two attached hydrogens (primary N) is 1. The number of hydrogen-bond donors (Lipinski definition) is 5. The smallest absolute Gasteiger partial charge is 0.268 e. The molecule has 31 heavy (non-hydrogen) atoms. The highest BCUT2D eigenvalue weighted by molar-refractivity contribution is 5.97. The summed E-state index contributed by atoms with van der Waals surface area (Å²) in [5.41, 5.74) is 8.93. The van der Waals surface area contributed by atoms with Gasteiger partial charge in [0.25, 0.3) is 5.91 Å². The second kappa shape index (κ2) is 11.7. The highest BCUT2D eigenvalue weighted by atomic mass is 16.2. The summed E-state index contributed by atoms with van der Waals surface area (Å²) in [5, 5.41) is 8.42. The first-order valence-corrected chi connectivity index (χ1v) is 10.5. The fraction of sp³-hybridized carbons (Fsp3) is 0.455. The molecular formula is C22H32N6O3. The average Bonchev–Trinajstić information content (AvgIpc) is 3.17. The number of aryl methyl sites for hydroxylation is 1. The average molecular weight is 429 g/mol. The lowest BCUT2D eigenvalue weighted by molar-refractivity contribution is -0.120. The van der Waals surface area contributed by atoms with Gasteiger partial charge in [-0.25, -0.2) is 0 Å². The first-order chi connectivity index (χ1) is 14.8. The van der Waals surface area contributed by atoms with E-state index in [1.807, 2.05) is 26.0 Å². The molecule has 9 heteroatoms. The number of nitrogens with one attached hydrogen (secondary N) is 4. The molecule has 2 aromatic heterocycles. The third-order valence-corrected chi connectivity index (χ3v) is 5.06. The van der Waals surface area contributed by atoms with Crippen LogP contribution in [0.3, 0.4) is 0 Å². The van der Waals surface area contributed by atoms with Crippen LogP contribution in [0.15, 0.2) is 30.5 Å². The zero-order chi connectivity index (χ0) is 22.8. The van der Waals surface area contributed by atoms with Crippen LogP contribution in [0.5, 0.6) is 0 Å². The highest BCUT2D eigenvalue weighted by Crippen LogP contribution is 2.15. The predicted octanol–water partition coefficient (Wildman–Crippen LogP) is 1.36. The monoisotopic (exact) mass is 428 g/mol. The fourth-order valence-corrected chi connectivity index (χ4v) is 3.33. The van der Waals surface area contributed by atoms with Gasteiger partial charge < -0.3 is 26.7 Å². The quantitative estimate of drug-likeness (QED) is 0.228. The minimum absolute atomic E-state index is 0.156. The summed E-state index contributed by atoms with van der Waals surface area (Å²) in [5.74, 6) is -0.530. The molecule has 6 N–H and O–H groups in total. The van der Waals surface area contributed by atoms with Crippen molar-refractivity contribution in [3.8, 4) is 0 Å². The molecule has 0 aliphatic rings. The molecule has 0 spiro atoms. The Balaban J connectivity index is 1.85. The summed E-state index contributed by atoms with van der Waals surface area (Å²) in [7, 11) is 0. The number of pyridine rings is 1. The van der Waals surface area contributed by atoms with Crippen LogP contribution in [-0.2, 0) is 16.0 Å². The molecule has 0 fully saturated rings. The number of carbonyl (C=O) groups is 3. The lowest BCUT2D eigenvalue weighted by atomic mass is 9.96. The number of aromatic amines is 1. The standard InChI is InChI=1S/C22H32N6O3/c1-4-16-7-8-17-18(27-16)11-20(28-17)22(31)25-12-15(3)26-19(21(23)30)10-14(2)6-5-9-24-13-29/h7-8,11,13-14,19,26,28H,3-6,9-10,12H2,1-2H3,(H2,23,30)(H,24,29)(H,25,31). The lowest BCUT2D eigenvalue weighted by Gasteiger charge is -2.22. The van der Waals surface area contributed by atoms with Crippen LogP contribution >= 0.6 is 0 Å². The highest BCUT2D eigenvalue weighted by Gasteiger charge is 2.19. The van der Waals surface area contributed by atoms with Gasteiger partial charge in [0.15, 0.2) is 0 Å². The van der Waals surface area contributed by atoms with Gasteiger partial charge in [-0.05, 0) is 49.8 Å². The molecule has 3 amide bonds. The number of amides is 3. The topological polar surface area (TPSA) is 142 Å². The van der Waals surface area contributed by atoms with Crippen LogP contribution in [-0.4, -0.2) is 47.3 Å². The second-order valence-electron chi connectivity index (χ2n) is 7.71. The molecule has 9 nitrogen and oxygen atoms in total. The molecule has 0 aromatic carbocycles.